The second kappa shape index (κ2) is 5.27. The molecule has 0 aliphatic heterocycles. The van der Waals surface area contributed by atoms with Gasteiger partial charge in [-0.25, -0.2) is 4.98 Å². The topological polar surface area (TPSA) is 38.1 Å². The van der Waals surface area contributed by atoms with Gasteiger partial charge in [-0.05, 0) is 40.1 Å². The van der Waals surface area contributed by atoms with E-state index in [-0.39, 0.29) is 6.61 Å². The van der Waals surface area contributed by atoms with Gasteiger partial charge in [-0.15, -0.1) is 0 Å². The van der Waals surface area contributed by atoms with Gasteiger partial charge < -0.3 is 9.67 Å². The van der Waals surface area contributed by atoms with Crippen LogP contribution in [-0.2, 0) is 13.7 Å². The van der Waals surface area contributed by atoms with Crippen molar-refractivity contribution in [2.75, 3.05) is 0 Å². The Labute approximate surface area is 111 Å². The lowest BCUT2D eigenvalue weighted by Crippen LogP contribution is -2.00. The lowest BCUT2D eigenvalue weighted by Gasteiger charge is -2.03. The Morgan fingerprint density at radius 2 is 2.33 bits per heavy atom. The van der Waals surface area contributed by atoms with E-state index in [0.29, 0.717) is 0 Å². The molecule has 1 rings (SSSR count). The Morgan fingerprint density at radius 1 is 1.73 bits per heavy atom. The molecule has 0 saturated heterocycles. The van der Waals surface area contributed by atoms with Crippen LogP contribution in [0.15, 0.2) is 17.1 Å². The van der Waals surface area contributed by atoms with Crippen LogP contribution in [0.25, 0.3) is 5.57 Å². The summed E-state index contributed by atoms with van der Waals surface area (Å²) in [7, 11) is 1.87. The number of rotatable bonds is 3. The molecular weight excluding hydrogens is 371 g/mol. The molecule has 0 radical (unpaired) electrons. The predicted octanol–water partition coefficient (Wildman–Crippen LogP) is 2.83. The van der Waals surface area contributed by atoms with Crippen LogP contribution < -0.4 is 0 Å². The van der Waals surface area contributed by atoms with E-state index in [2.05, 4.69) is 50.1 Å². The number of halogens is 2. The van der Waals surface area contributed by atoms with Gasteiger partial charge in [-0.2, -0.15) is 0 Å². The minimum absolute atomic E-state index is 0.00787. The molecule has 1 N–H and O–H groups in total. The molecule has 0 atom stereocenters. The molecule has 5 heteroatoms. The molecule has 1 aromatic heterocycles. The maximum absolute atomic E-state index is 9.16. The van der Waals surface area contributed by atoms with Crippen LogP contribution in [0.2, 0.25) is 0 Å². The zero-order chi connectivity index (χ0) is 11.6. The number of aliphatic hydroxyl groups is 1. The van der Waals surface area contributed by atoms with Crippen LogP contribution in [0.4, 0.5) is 0 Å². The van der Waals surface area contributed by atoms with Crippen LogP contribution in [-0.4, -0.2) is 14.7 Å². The summed E-state index contributed by atoms with van der Waals surface area (Å²) in [6.45, 7) is 5.87. The van der Waals surface area contributed by atoms with Crippen molar-refractivity contribution in [3.63, 3.8) is 0 Å². The van der Waals surface area contributed by atoms with Crippen LogP contribution in [0.3, 0.4) is 0 Å². The number of aliphatic hydroxyl groups excluding tert-OH is 1. The van der Waals surface area contributed by atoms with Crippen LogP contribution in [0.5, 0.6) is 0 Å². The van der Waals surface area contributed by atoms with Crippen LogP contribution >= 0.6 is 38.5 Å². The third-order valence-electron chi connectivity index (χ3n) is 1.97. The van der Waals surface area contributed by atoms with Crippen LogP contribution in [0, 0.1) is 3.70 Å². The molecule has 0 bridgehead atoms. The Morgan fingerprint density at radius 3 is 2.73 bits per heavy atom. The fourth-order valence-electron chi connectivity index (χ4n) is 1.26. The first-order valence-electron chi connectivity index (χ1n) is 4.32. The normalized spacial score (nSPS) is 11.9. The molecule has 1 heterocycles. The number of imidazole rings is 1. The molecule has 3 nitrogen and oxygen atoms in total. The van der Waals surface area contributed by atoms with E-state index in [4.69, 9.17) is 5.11 Å². The second-order valence-corrected chi connectivity index (χ2v) is 5.42. The van der Waals surface area contributed by atoms with Gasteiger partial charge in [0.2, 0.25) is 0 Å². The highest BCUT2D eigenvalue weighted by molar-refractivity contribution is 14.1. The average Bonchev–Trinajstić information content (AvgIpc) is 2.40. The molecule has 0 fully saturated rings. The molecule has 1 aromatic rings. The highest BCUT2D eigenvalue weighted by Crippen LogP contribution is 2.21. The molecule has 0 aliphatic rings. The van der Waals surface area contributed by atoms with Crippen molar-refractivity contribution in [2.45, 2.75) is 13.5 Å². The maximum atomic E-state index is 9.16. The summed E-state index contributed by atoms with van der Waals surface area (Å²) in [5.74, 6) is 0.780. The molecule has 0 aliphatic carbocycles. The fourth-order valence-corrected chi connectivity index (χ4v) is 2.30. The standard InChI is InChI=1S/C10H12BrIN2O/c1-6(4-7(2)11)10-13-9(12)8(5-15)14(10)3/h4,15H,1,5H2,2-3H3/b7-4+. The summed E-state index contributed by atoms with van der Waals surface area (Å²) in [6.07, 6.45) is 1.90. The summed E-state index contributed by atoms with van der Waals surface area (Å²) >= 11 is 5.46. The summed E-state index contributed by atoms with van der Waals surface area (Å²) in [5.41, 5.74) is 1.64. The summed E-state index contributed by atoms with van der Waals surface area (Å²) in [6, 6.07) is 0. The first kappa shape index (κ1) is 12.9. The molecule has 0 amide bonds. The van der Waals surface area contributed by atoms with Crippen molar-refractivity contribution in [3.05, 3.63) is 32.4 Å². The largest absolute Gasteiger partial charge is 0.390 e. The van der Waals surface area contributed by atoms with Crippen LogP contribution in [0.1, 0.15) is 18.4 Å². The van der Waals surface area contributed by atoms with E-state index in [1.807, 2.05) is 24.6 Å². The van der Waals surface area contributed by atoms with Crippen molar-refractivity contribution in [1.29, 1.82) is 0 Å². The number of aromatic nitrogens is 2. The van der Waals surface area contributed by atoms with E-state index in [0.717, 1.165) is 25.3 Å². The van der Waals surface area contributed by atoms with Gasteiger partial charge in [0.15, 0.2) is 0 Å². The lowest BCUT2D eigenvalue weighted by atomic mass is 10.2. The monoisotopic (exact) mass is 382 g/mol. The summed E-state index contributed by atoms with van der Waals surface area (Å²) in [5, 5.41) is 9.16. The smallest absolute Gasteiger partial charge is 0.140 e. The molecular formula is C10H12BrIN2O. The quantitative estimate of drug-likeness (QED) is 0.644. The third-order valence-corrected chi connectivity index (χ3v) is 3.07. The van der Waals surface area contributed by atoms with Gasteiger partial charge in [-0.1, -0.05) is 22.5 Å². The molecule has 0 aromatic carbocycles. The van der Waals surface area contributed by atoms with E-state index >= 15 is 0 Å². The average molecular weight is 383 g/mol. The molecule has 0 saturated carbocycles. The number of hydrogen-bond acceptors (Lipinski definition) is 2. The minimum Gasteiger partial charge on any atom is -0.390 e. The second-order valence-electron chi connectivity index (χ2n) is 3.15. The lowest BCUT2D eigenvalue weighted by molar-refractivity contribution is 0.271. The Bertz CT molecular complexity index is 419. The van der Waals surface area contributed by atoms with Gasteiger partial charge in [-0.3, -0.25) is 0 Å². The summed E-state index contributed by atoms with van der Waals surface area (Å²) in [4.78, 5) is 4.36. The van der Waals surface area contributed by atoms with Gasteiger partial charge in [0.05, 0.1) is 12.3 Å². The van der Waals surface area contributed by atoms with E-state index in [1.54, 1.807) is 0 Å². The molecule has 82 valence electrons. The van der Waals surface area contributed by atoms with Crippen molar-refractivity contribution >= 4 is 44.1 Å². The first-order valence-corrected chi connectivity index (χ1v) is 6.19. The third kappa shape index (κ3) is 2.92. The van der Waals surface area contributed by atoms with Gasteiger partial charge >= 0.3 is 0 Å². The summed E-state index contributed by atoms with van der Waals surface area (Å²) < 4.78 is 3.67. The fraction of sp³-hybridized carbons (Fsp3) is 0.300. The van der Waals surface area contributed by atoms with Crippen molar-refractivity contribution in [1.82, 2.24) is 9.55 Å². The number of hydrogen-bond donors (Lipinski definition) is 1. The molecule has 0 unspecified atom stereocenters. The number of nitrogens with zero attached hydrogens (tertiary/aromatic N) is 2. The zero-order valence-electron chi connectivity index (χ0n) is 8.59. The van der Waals surface area contributed by atoms with E-state index < -0.39 is 0 Å². The Balaban J connectivity index is 3.17. The van der Waals surface area contributed by atoms with Crippen molar-refractivity contribution in [2.24, 2.45) is 7.05 Å². The van der Waals surface area contributed by atoms with E-state index in [9.17, 15) is 0 Å². The Hall–Kier alpha value is -0.140. The molecule has 15 heavy (non-hydrogen) atoms. The first-order chi connectivity index (χ1) is 6.97. The number of allylic oxidation sites excluding steroid dienone is 3. The van der Waals surface area contributed by atoms with Crippen molar-refractivity contribution in [3.8, 4) is 0 Å². The molecule has 0 spiro atoms. The highest BCUT2D eigenvalue weighted by atomic mass is 127. The highest BCUT2D eigenvalue weighted by Gasteiger charge is 2.12. The van der Waals surface area contributed by atoms with E-state index in [1.165, 1.54) is 0 Å². The maximum Gasteiger partial charge on any atom is 0.140 e. The minimum atomic E-state index is -0.00787. The Kier molecular flexibility index (Phi) is 4.54. The van der Waals surface area contributed by atoms with Gasteiger partial charge in [0, 0.05) is 12.6 Å². The van der Waals surface area contributed by atoms with Gasteiger partial charge in [0.1, 0.15) is 9.53 Å². The SMILES string of the molecule is C=C(/C=C(\C)Br)c1nc(I)c(CO)n1C. The predicted molar refractivity (Wildman–Crippen MR) is 73.6 cm³/mol. The van der Waals surface area contributed by atoms with Crippen molar-refractivity contribution < 1.29 is 5.11 Å². The zero-order valence-corrected chi connectivity index (χ0v) is 12.3. The van der Waals surface area contributed by atoms with Gasteiger partial charge in [0.25, 0.3) is 0 Å².